The molecule has 0 saturated heterocycles. The van der Waals surface area contributed by atoms with Gasteiger partial charge < -0.3 is 30.9 Å². The highest BCUT2D eigenvalue weighted by atomic mass is 16.5. The Hall–Kier alpha value is -3.41. The number of hydrogen-bond donors (Lipinski definition) is 5. The van der Waals surface area contributed by atoms with Gasteiger partial charge in [-0.05, 0) is 76.6 Å². The molecular formula is C32H41N3O8. The molecule has 6 rings (SSSR count). The second-order valence-electron chi connectivity index (χ2n) is 13.2. The summed E-state index contributed by atoms with van der Waals surface area (Å²) < 4.78 is 5.92. The third-order valence-corrected chi connectivity index (χ3v) is 10.9. The molecule has 0 radical (unpaired) electrons. The number of likely N-dealkylation sites (N-methyl/N-ethyl adjacent to an activating group) is 1. The number of methoxy groups -OCH3 is 1. The summed E-state index contributed by atoms with van der Waals surface area (Å²) in [6.45, 7) is 3.53. The highest BCUT2D eigenvalue weighted by Crippen LogP contribution is 2.54. The third kappa shape index (κ3) is 4.15. The molecule has 1 amide bonds. The van der Waals surface area contributed by atoms with Crippen molar-refractivity contribution >= 4 is 23.2 Å². The quantitative estimate of drug-likeness (QED) is 0.293. The van der Waals surface area contributed by atoms with Gasteiger partial charge in [-0.3, -0.25) is 24.2 Å². The van der Waals surface area contributed by atoms with Crippen LogP contribution in [0.1, 0.15) is 55.7 Å². The van der Waals surface area contributed by atoms with Crippen molar-refractivity contribution in [2.45, 2.75) is 69.7 Å². The highest BCUT2D eigenvalue weighted by Gasteiger charge is 2.64. The molecule has 0 aliphatic heterocycles. The molecule has 0 spiro atoms. The van der Waals surface area contributed by atoms with Gasteiger partial charge in [-0.15, -0.1) is 0 Å². The van der Waals surface area contributed by atoms with E-state index in [4.69, 9.17) is 10.5 Å². The predicted molar refractivity (Wildman–Crippen MR) is 156 cm³/mol. The number of benzene rings is 1. The van der Waals surface area contributed by atoms with E-state index in [2.05, 4.69) is 11.8 Å². The summed E-state index contributed by atoms with van der Waals surface area (Å²) in [4.78, 5) is 43.5. The molecule has 11 nitrogen and oxygen atoms in total. The largest absolute Gasteiger partial charge is 0.508 e. The molecule has 1 aromatic rings. The van der Waals surface area contributed by atoms with Gasteiger partial charge in [0.15, 0.2) is 11.4 Å². The summed E-state index contributed by atoms with van der Waals surface area (Å²) in [7, 11) is 4.70. The van der Waals surface area contributed by atoms with Gasteiger partial charge in [-0.1, -0.05) is 13.3 Å². The van der Waals surface area contributed by atoms with Crippen molar-refractivity contribution < 1.29 is 39.5 Å². The van der Waals surface area contributed by atoms with Gasteiger partial charge in [-0.25, -0.2) is 0 Å². The van der Waals surface area contributed by atoms with Crippen molar-refractivity contribution in [3.63, 3.8) is 0 Å². The zero-order valence-electron chi connectivity index (χ0n) is 25.1. The number of carbonyl (C=O) groups excluding carboxylic acids is 3. The smallest absolute Gasteiger partial charge is 0.255 e. The van der Waals surface area contributed by atoms with Crippen LogP contribution in [0.2, 0.25) is 0 Å². The van der Waals surface area contributed by atoms with Crippen LogP contribution in [-0.2, 0) is 27.3 Å². The molecule has 0 aromatic heterocycles. The summed E-state index contributed by atoms with van der Waals surface area (Å²) in [6.07, 6.45) is 5.20. The molecule has 0 heterocycles. The van der Waals surface area contributed by atoms with E-state index in [9.17, 15) is 34.8 Å². The molecular weight excluding hydrogens is 554 g/mol. The first kappa shape index (κ1) is 29.7. The number of fused-ring (bicyclic) bond motifs is 5. The van der Waals surface area contributed by atoms with E-state index in [-0.39, 0.29) is 29.7 Å². The number of aromatic hydroxyl groups is 1. The number of Topliss-reactive ketones (excluding diaryl/α,β-unsaturated/α-hetero) is 2. The third-order valence-electron chi connectivity index (χ3n) is 10.9. The fourth-order valence-corrected chi connectivity index (χ4v) is 9.07. The first-order chi connectivity index (χ1) is 20.3. The monoisotopic (exact) mass is 595 g/mol. The number of primary amides is 1. The lowest BCUT2D eigenvalue weighted by molar-refractivity contribution is -0.153. The van der Waals surface area contributed by atoms with Gasteiger partial charge in [0.25, 0.3) is 5.91 Å². The minimum absolute atomic E-state index is 0.0339. The molecule has 43 heavy (non-hydrogen) atoms. The number of aliphatic hydroxyl groups excluding tert-OH is 2. The Labute approximate surface area is 250 Å². The van der Waals surface area contributed by atoms with Crippen molar-refractivity contribution in [1.29, 1.82) is 0 Å². The molecule has 2 bridgehead atoms. The lowest BCUT2D eigenvalue weighted by atomic mass is 9.57. The lowest BCUT2D eigenvalue weighted by Crippen LogP contribution is -2.65. The van der Waals surface area contributed by atoms with Crippen LogP contribution in [0.5, 0.6) is 11.5 Å². The Morgan fingerprint density at radius 3 is 2.42 bits per heavy atom. The zero-order chi connectivity index (χ0) is 31.1. The Morgan fingerprint density at radius 1 is 1.14 bits per heavy atom. The number of phenolic OH excluding ortho intramolecular Hbond substituents is 1. The molecule has 3 saturated carbocycles. The fourth-order valence-electron chi connectivity index (χ4n) is 9.07. The molecule has 3 fully saturated rings. The normalized spacial score (nSPS) is 33.3. The van der Waals surface area contributed by atoms with E-state index in [1.807, 2.05) is 0 Å². The van der Waals surface area contributed by atoms with E-state index in [1.54, 1.807) is 27.3 Å². The Bertz CT molecular complexity index is 1480. The maximum atomic E-state index is 14.1. The maximum Gasteiger partial charge on any atom is 0.255 e. The number of ether oxygens (including phenoxy) is 1. The second kappa shape index (κ2) is 10.3. The fraction of sp³-hybridized carbons (Fsp3) is 0.594. The molecule has 6 N–H and O–H groups in total. The van der Waals surface area contributed by atoms with Crippen LogP contribution in [0.3, 0.4) is 0 Å². The van der Waals surface area contributed by atoms with E-state index in [1.165, 1.54) is 30.6 Å². The zero-order valence-corrected chi connectivity index (χ0v) is 25.1. The summed E-state index contributed by atoms with van der Waals surface area (Å²) >= 11 is 0. The summed E-state index contributed by atoms with van der Waals surface area (Å²) in [5, 5.41) is 45.6. The van der Waals surface area contributed by atoms with E-state index >= 15 is 0 Å². The van der Waals surface area contributed by atoms with Crippen molar-refractivity contribution in [3.05, 3.63) is 39.7 Å². The lowest BCUT2D eigenvalue weighted by Gasteiger charge is -2.50. The van der Waals surface area contributed by atoms with Gasteiger partial charge in [0.2, 0.25) is 5.78 Å². The first-order valence-electron chi connectivity index (χ1n) is 15.1. The number of carbonyl (C=O) groups is 3. The van der Waals surface area contributed by atoms with Gasteiger partial charge in [0, 0.05) is 35.2 Å². The van der Waals surface area contributed by atoms with Gasteiger partial charge in [-0.2, -0.15) is 0 Å². The highest BCUT2D eigenvalue weighted by molar-refractivity contribution is 6.24. The van der Waals surface area contributed by atoms with E-state index in [0.29, 0.717) is 29.8 Å². The average Bonchev–Trinajstić information content (AvgIpc) is 3.57. The van der Waals surface area contributed by atoms with Gasteiger partial charge in [0.05, 0.1) is 18.7 Å². The van der Waals surface area contributed by atoms with Crippen LogP contribution in [0.4, 0.5) is 0 Å². The molecule has 7 atom stereocenters. The summed E-state index contributed by atoms with van der Waals surface area (Å²) in [6, 6.07) is 0.913. The van der Waals surface area contributed by atoms with Gasteiger partial charge in [0.1, 0.15) is 28.6 Å². The van der Waals surface area contributed by atoms with Gasteiger partial charge >= 0.3 is 0 Å². The van der Waals surface area contributed by atoms with E-state index in [0.717, 1.165) is 18.0 Å². The first-order valence-corrected chi connectivity index (χ1v) is 15.1. The number of ketones is 2. The SMILES string of the molecule is CCN(Cc1cc(O)c2c(c1OC)C[C@H]1C[C@H]3[C@H](N(C)C)C(=O)C(C(N)=O)=C(O)[C@@]3(O)C(=O)C1=C2O)[C@H]1CC2CCC1C2. The molecule has 1 aromatic carbocycles. The topological polar surface area (TPSA) is 174 Å². The Morgan fingerprint density at radius 2 is 1.86 bits per heavy atom. The standard InChI is InChI=1S/C32H41N3O8/c1-5-35(20-9-14-6-7-15(20)8-14)13-17-12-21(36)23-18(28(17)43-4)10-16-11-19-25(34(2)3)27(38)24(31(33)41)30(40)32(19,42)29(39)22(16)26(23)37/h12,14-16,19-20,25,36-37,40,42H,5-11,13H2,1-4H3,(H2,33,41)/t14?,15?,16-,19-,20-,25-,32-/m0/s1. The number of amides is 1. The average molecular weight is 596 g/mol. The molecule has 2 unspecified atom stereocenters. The van der Waals surface area contributed by atoms with Crippen LogP contribution in [0.25, 0.3) is 5.76 Å². The van der Waals surface area contributed by atoms with Crippen molar-refractivity contribution in [3.8, 4) is 11.5 Å². The van der Waals surface area contributed by atoms with Crippen molar-refractivity contribution in [1.82, 2.24) is 9.80 Å². The number of nitrogens with zero attached hydrogens (tertiary/aromatic N) is 2. The summed E-state index contributed by atoms with van der Waals surface area (Å²) in [5.41, 5.74) is 3.11. The molecule has 232 valence electrons. The number of rotatable bonds is 7. The second-order valence-corrected chi connectivity index (χ2v) is 13.2. The van der Waals surface area contributed by atoms with Crippen LogP contribution < -0.4 is 10.5 Å². The van der Waals surface area contributed by atoms with Crippen LogP contribution in [0.15, 0.2) is 23.0 Å². The van der Waals surface area contributed by atoms with E-state index < -0.39 is 58.0 Å². The number of phenols is 1. The van der Waals surface area contributed by atoms with Crippen molar-refractivity contribution in [2.75, 3.05) is 27.7 Å². The predicted octanol–water partition coefficient (Wildman–Crippen LogP) is 1.98. The molecule has 11 heteroatoms. The number of hydrogen-bond acceptors (Lipinski definition) is 10. The van der Waals surface area contributed by atoms with Crippen LogP contribution >= 0.6 is 0 Å². The Balaban J connectivity index is 1.44. The molecule has 5 aliphatic rings. The van der Waals surface area contributed by atoms with Crippen LogP contribution in [0, 0.1) is 23.7 Å². The minimum Gasteiger partial charge on any atom is -0.508 e. The molecule has 5 aliphatic carbocycles. The Kier molecular flexibility index (Phi) is 7.14. The minimum atomic E-state index is -2.66. The maximum absolute atomic E-state index is 14.1. The van der Waals surface area contributed by atoms with Crippen molar-refractivity contribution in [2.24, 2.45) is 29.4 Å². The number of aliphatic hydroxyl groups is 3. The number of nitrogens with two attached hydrogens (primary N) is 1. The summed E-state index contributed by atoms with van der Waals surface area (Å²) in [5.74, 6) is -4.69. The van der Waals surface area contributed by atoms with Crippen LogP contribution in [-0.4, -0.2) is 93.1 Å².